The lowest BCUT2D eigenvalue weighted by Gasteiger charge is -2.21. The Morgan fingerprint density at radius 2 is 1.71 bits per heavy atom. The van der Waals surface area contributed by atoms with Gasteiger partial charge in [-0.05, 0) is 49.9 Å². The summed E-state index contributed by atoms with van der Waals surface area (Å²) in [6, 6.07) is 13.0. The van der Waals surface area contributed by atoms with Gasteiger partial charge in [0, 0.05) is 12.1 Å². The van der Waals surface area contributed by atoms with E-state index in [1.165, 1.54) is 23.1 Å². The standard InChI is InChI=1S/C25H26N4O5/c1-3-4-14-28-21(31)18-11-10-17(15-19(18)22(28)32)20(30)27-29-23(33)25(2,26-24(29)34)13-12-16-8-6-5-7-9-16/h5-11,15H,3-4,12-14H2,1-2H3,(H,26,34)(H,27,30)/t25-/m0/s1. The average molecular weight is 463 g/mol. The number of rotatable bonds is 8. The van der Waals surface area contributed by atoms with Crippen LogP contribution in [0.4, 0.5) is 4.79 Å². The van der Waals surface area contributed by atoms with Crippen molar-refractivity contribution in [2.24, 2.45) is 0 Å². The van der Waals surface area contributed by atoms with E-state index >= 15 is 0 Å². The minimum atomic E-state index is -1.17. The van der Waals surface area contributed by atoms with E-state index in [2.05, 4.69) is 10.7 Å². The number of benzene rings is 2. The SMILES string of the molecule is CCCCN1C(=O)c2ccc(C(=O)NN3C(=O)N[C@@](C)(CCc4ccccc4)C3=O)cc2C1=O. The highest BCUT2D eigenvalue weighted by atomic mass is 16.2. The lowest BCUT2D eigenvalue weighted by molar-refractivity contribution is -0.132. The molecule has 2 N–H and O–H groups in total. The Hall–Kier alpha value is -4.01. The second kappa shape index (κ2) is 9.09. The van der Waals surface area contributed by atoms with Gasteiger partial charge in [0.25, 0.3) is 23.6 Å². The number of hydrogen-bond acceptors (Lipinski definition) is 5. The predicted octanol–water partition coefficient (Wildman–Crippen LogP) is 2.67. The van der Waals surface area contributed by atoms with Crippen molar-refractivity contribution < 1.29 is 24.0 Å². The van der Waals surface area contributed by atoms with E-state index in [0.29, 0.717) is 30.8 Å². The van der Waals surface area contributed by atoms with Gasteiger partial charge in [-0.2, -0.15) is 5.01 Å². The van der Waals surface area contributed by atoms with Crippen molar-refractivity contribution in [3.63, 3.8) is 0 Å². The smallest absolute Gasteiger partial charge is 0.322 e. The van der Waals surface area contributed by atoms with Crippen molar-refractivity contribution in [3.05, 3.63) is 70.8 Å². The summed E-state index contributed by atoms with van der Waals surface area (Å²) >= 11 is 0. The number of hydrazine groups is 1. The molecule has 0 aliphatic carbocycles. The van der Waals surface area contributed by atoms with E-state index in [1.54, 1.807) is 6.92 Å². The molecule has 9 nitrogen and oxygen atoms in total. The van der Waals surface area contributed by atoms with Crippen LogP contribution in [0.2, 0.25) is 0 Å². The van der Waals surface area contributed by atoms with E-state index in [1.807, 2.05) is 37.3 Å². The summed E-state index contributed by atoms with van der Waals surface area (Å²) in [5, 5.41) is 3.32. The van der Waals surface area contributed by atoms with Crippen molar-refractivity contribution in [1.29, 1.82) is 0 Å². The lowest BCUT2D eigenvalue weighted by Crippen LogP contribution is -2.49. The maximum atomic E-state index is 13.0. The molecule has 4 rings (SSSR count). The third-order valence-electron chi connectivity index (χ3n) is 6.20. The molecule has 176 valence electrons. The Bertz CT molecular complexity index is 1180. The Kier molecular flexibility index (Phi) is 6.19. The number of carbonyl (C=O) groups excluding carboxylic acids is 5. The molecule has 0 bridgehead atoms. The molecular weight excluding hydrogens is 436 g/mol. The molecule has 2 aromatic rings. The number of urea groups is 1. The molecule has 1 saturated heterocycles. The van der Waals surface area contributed by atoms with Crippen LogP contribution in [-0.4, -0.2) is 51.7 Å². The number of unbranched alkanes of at least 4 members (excludes halogenated alkanes) is 1. The normalized spacial score (nSPS) is 19.5. The van der Waals surface area contributed by atoms with Crippen molar-refractivity contribution in [2.75, 3.05) is 6.54 Å². The highest BCUT2D eigenvalue weighted by Crippen LogP contribution is 2.25. The molecule has 2 heterocycles. The van der Waals surface area contributed by atoms with Crippen LogP contribution in [0.1, 0.15) is 69.7 Å². The van der Waals surface area contributed by atoms with Crippen molar-refractivity contribution in [1.82, 2.24) is 20.7 Å². The number of hydrogen-bond donors (Lipinski definition) is 2. The number of amides is 6. The molecule has 1 atom stereocenters. The van der Waals surface area contributed by atoms with Crippen LogP contribution in [0.3, 0.4) is 0 Å². The highest BCUT2D eigenvalue weighted by molar-refractivity contribution is 6.22. The summed E-state index contributed by atoms with van der Waals surface area (Å²) in [4.78, 5) is 64.6. The molecule has 0 unspecified atom stereocenters. The van der Waals surface area contributed by atoms with Gasteiger partial charge in [-0.3, -0.25) is 29.5 Å². The molecule has 0 aromatic heterocycles. The Morgan fingerprint density at radius 1 is 1.00 bits per heavy atom. The minimum Gasteiger partial charge on any atom is -0.322 e. The quantitative estimate of drug-likeness (QED) is 0.462. The zero-order chi connectivity index (χ0) is 24.5. The molecule has 9 heteroatoms. The number of nitrogens with one attached hydrogen (secondary N) is 2. The predicted molar refractivity (Wildman–Crippen MR) is 123 cm³/mol. The Balaban J connectivity index is 1.46. The topological polar surface area (TPSA) is 116 Å². The second-order valence-corrected chi connectivity index (χ2v) is 8.71. The van der Waals surface area contributed by atoms with Gasteiger partial charge in [0.1, 0.15) is 5.54 Å². The largest absolute Gasteiger partial charge is 0.344 e. The van der Waals surface area contributed by atoms with Crippen LogP contribution in [-0.2, 0) is 11.2 Å². The van der Waals surface area contributed by atoms with Gasteiger partial charge in [-0.1, -0.05) is 43.7 Å². The summed E-state index contributed by atoms with van der Waals surface area (Å²) in [5.41, 5.74) is 2.63. The van der Waals surface area contributed by atoms with E-state index in [9.17, 15) is 24.0 Å². The lowest BCUT2D eigenvalue weighted by atomic mass is 9.93. The second-order valence-electron chi connectivity index (χ2n) is 8.71. The van der Waals surface area contributed by atoms with Gasteiger partial charge in [0.05, 0.1) is 11.1 Å². The summed E-state index contributed by atoms with van der Waals surface area (Å²) < 4.78 is 0. The summed E-state index contributed by atoms with van der Waals surface area (Å²) in [6.45, 7) is 3.89. The van der Waals surface area contributed by atoms with Crippen LogP contribution in [0.5, 0.6) is 0 Å². The highest BCUT2D eigenvalue weighted by Gasteiger charge is 2.48. The van der Waals surface area contributed by atoms with Crippen LogP contribution in [0, 0.1) is 0 Å². The fourth-order valence-corrected chi connectivity index (χ4v) is 4.11. The molecule has 1 fully saturated rings. The molecular formula is C25H26N4O5. The summed E-state index contributed by atoms with van der Waals surface area (Å²) in [6.07, 6.45) is 2.45. The van der Waals surface area contributed by atoms with E-state index in [0.717, 1.165) is 12.0 Å². The third-order valence-corrected chi connectivity index (χ3v) is 6.20. The fourth-order valence-electron chi connectivity index (χ4n) is 4.11. The molecule has 6 amide bonds. The van der Waals surface area contributed by atoms with Crippen LogP contribution >= 0.6 is 0 Å². The minimum absolute atomic E-state index is 0.0655. The van der Waals surface area contributed by atoms with Crippen molar-refractivity contribution in [3.8, 4) is 0 Å². The summed E-state index contributed by atoms with van der Waals surface area (Å²) in [7, 11) is 0. The maximum absolute atomic E-state index is 13.0. The van der Waals surface area contributed by atoms with Crippen molar-refractivity contribution in [2.45, 2.75) is 45.1 Å². The number of carbonyl (C=O) groups is 5. The van der Waals surface area contributed by atoms with Gasteiger partial charge in [-0.15, -0.1) is 0 Å². The first-order valence-corrected chi connectivity index (χ1v) is 11.3. The van der Waals surface area contributed by atoms with Gasteiger partial charge in [-0.25, -0.2) is 4.79 Å². The van der Waals surface area contributed by atoms with E-state index in [-0.39, 0.29) is 22.6 Å². The average Bonchev–Trinajstić information content (AvgIpc) is 3.20. The first-order valence-electron chi connectivity index (χ1n) is 11.3. The Morgan fingerprint density at radius 3 is 2.41 bits per heavy atom. The molecule has 2 aromatic carbocycles. The summed E-state index contributed by atoms with van der Waals surface area (Å²) in [5.74, 6) is -2.14. The van der Waals surface area contributed by atoms with Gasteiger partial charge in [0.15, 0.2) is 0 Å². The van der Waals surface area contributed by atoms with E-state index in [4.69, 9.17) is 0 Å². The molecule has 0 spiro atoms. The molecule has 2 aliphatic rings. The molecule has 34 heavy (non-hydrogen) atoms. The van der Waals surface area contributed by atoms with Crippen molar-refractivity contribution >= 4 is 29.7 Å². The monoisotopic (exact) mass is 462 g/mol. The van der Waals surface area contributed by atoms with Gasteiger partial charge in [0.2, 0.25) is 0 Å². The van der Waals surface area contributed by atoms with Gasteiger partial charge < -0.3 is 5.32 Å². The first-order chi connectivity index (χ1) is 16.2. The third kappa shape index (κ3) is 4.16. The zero-order valence-corrected chi connectivity index (χ0v) is 19.1. The zero-order valence-electron chi connectivity index (χ0n) is 19.1. The maximum Gasteiger partial charge on any atom is 0.344 e. The number of aryl methyl sites for hydroxylation is 1. The fraction of sp³-hybridized carbons (Fsp3) is 0.320. The molecule has 2 aliphatic heterocycles. The van der Waals surface area contributed by atoms with Crippen LogP contribution in [0.25, 0.3) is 0 Å². The van der Waals surface area contributed by atoms with Crippen LogP contribution < -0.4 is 10.7 Å². The van der Waals surface area contributed by atoms with E-state index < -0.39 is 29.3 Å². The number of fused-ring (bicyclic) bond motifs is 1. The van der Waals surface area contributed by atoms with Crippen LogP contribution in [0.15, 0.2) is 48.5 Å². The molecule has 0 saturated carbocycles. The van der Waals surface area contributed by atoms with Gasteiger partial charge >= 0.3 is 6.03 Å². The number of nitrogens with zero attached hydrogens (tertiary/aromatic N) is 2. The molecule has 0 radical (unpaired) electrons. The Labute approximate surface area is 197 Å². The number of imide groups is 2. The first kappa shape index (κ1) is 23.2.